The summed E-state index contributed by atoms with van der Waals surface area (Å²) in [6.07, 6.45) is 2.64. The molecule has 0 unspecified atom stereocenters. The fourth-order valence-corrected chi connectivity index (χ4v) is 8.46. The number of rotatable bonds is 6. The Morgan fingerprint density at radius 1 is 1.35 bits per heavy atom. The molecule has 1 aromatic heterocycles. The zero-order valence-corrected chi connectivity index (χ0v) is 21.4. The summed E-state index contributed by atoms with van der Waals surface area (Å²) in [5, 5.41) is 17.3. The Bertz CT molecular complexity index is 994. The Morgan fingerprint density at radius 2 is 2.10 bits per heavy atom. The summed E-state index contributed by atoms with van der Waals surface area (Å²) in [5.74, 6) is -0.215. The highest BCUT2D eigenvalue weighted by molar-refractivity contribution is 14.1. The topological polar surface area (TPSA) is 101 Å². The molecule has 168 valence electrons. The van der Waals surface area contributed by atoms with E-state index in [1.807, 2.05) is 44.4 Å². The summed E-state index contributed by atoms with van der Waals surface area (Å²) in [6.45, 7) is 6.50. The molecule has 1 fully saturated rings. The number of aliphatic hydroxyl groups excluding tert-OH is 1. The van der Waals surface area contributed by atoms with Crippen LogP contribution in [0.1, 0.15) is 24.6 Å². The average Bonchev–Trinajstić information content (AvgIpc) is 3.32. The van der Waals surface area contributed by atoms with E-state index >= 15 is 0 Å². The number of aromatic nitrogens is 3. The predicted molar refractivity (Wildman–Crippen MR) is 127 cm³/mol. The van der Waals surface area contributed by atoms with E-state index in [9.17, 15) is 9.59 Å². The zero-order valence-electron chi connectivity index (χ0n) is 18.2. The Hall–Kier alpha value is -1.34. The number of hydrogen-bond donors (Lipinski definition) is 2. The molecule has 4 rings (SSSR count). The van der Waals surface area contributed by atoms with Crippen molar-refractivity contribution in [3.05, 3.63) is 39.2 Å². The van der Waals surface area contributed by atoms with Gasteiger partial charge in [0.15, 0.2) is 13.9 Å². The van der Waals surface area contributed by atoms with E-state index in [4.69, 9.17) is 9.84 Å². The number of carbonyl (C=O) groups excluding carboxylic acids is 1. The third kappa shape index (κ3) is 3.75. The first-order chi connectivity index (χ1) is 14.6. The maximum absolute atomic E-state index is 13.6. The second-order valence-corrected chi connectivity index (χ2v) is 14.3. The van der Waals surface area contributed by atoms with Gasteiger partial charge in [-0.1, -0.05) is 12.1 Å². The van der Waals surface area contributed by atoms with Crippen molar-refractivity contribution >= 4 is 42.5 Å². The number of nitrogens with zero attached hydrogens (tertiary/aromatic N) is 4. The first-order valence-corrected chi connectivity index (χ1v) is 14.7. The second-order valence-electron chi connectivity index (χ2n) is 9.12. The summed E-state index contributed by atoms with van der Waals surface area (Å²) in [5.41, 5.74) is 1.34. The normalized spacial score (nSPS) is 28.0. The van der Waals surface area contributed by atoms with Crippen LogP contribution in [-0.2, 0) is 28.1 Å². The number of benzene rings is 1. The molecule has 4 atom stereocenters. The average molecular weight is 556 g/mol. The van der Waals surface area contributed by atoms with Crippen LogP contribution in [-0.4, -0.2) is 58.9 Å². The van der Waals surface area contributed by atoms with Crippen LogP contribution in [0.2, 0.25) is 18.6 Å². The second kappa shape index (κ2) is 8.21. The standard InChI is InChI=1S/C21H29IN4O4Si/c1-13-19(31(3,4)29)18(7-9-26-12-15(8-10-27)23-24-26)30-21(13)16-11-14(22)5-6-17(16)25(2)20(21)28/h5-6,11-13,18-19,27,29H,7-10H2,1-4H3/t13-,18+,19-,21+/m1/s1. The van der Waals surface area contributed by atoms with Crippen molar-refractivity contribution < 1.29 is 19.4 Å². The van der Waals surface area contributed by atoms with Crippen LogP contribution in [0.3, 0.4) is 0 Å². The molecule has 31 heavy (non-hydrogen) atoms. The molecule has 8 nitrogen and oxygen atoms in total. The maximum atomic E-state index is 13.6. The highest BCUT2D eigenvalue weighted by Gasteiger charge is 2.65. The van der Waals surface area contributed by atoms with Gasteiger partial charge in [-0.15, -0.1) is 5.10 Å². The number of carbonyl (C=O) groups is 1. The molecule has 1 spiro atoms. The van der Waals surface area contributed by atoms with Gasteiger partial charge in [0.1, 0.15) is 0 Å². The Labute approximate surface area is 196 Å². The summed E-state index contributed by atoms with van der Waals surface area (Å²) >= 11 is 2.26. The third-order valence-corrected chi connectivity index (χ3v) is 9.85. The van der Waals surface area contributed by atoms with Crippen molar-refractivity contribution in [2.45, 2.75) is 56.7 Å². The smallest absolute Gasteiger partial charge is 0.264 e. The van der Waals surface area contributed by atoms with Gasteiger partial charge in [-0.25, -0.2) is 0 Å². The van der Waals surface area contributed by atoms with Crippen LogP contribution in [0, 0.1) is 9.49 Å². The molecule has 2 N–H and O–H groups in total. The molecule has 0 radical (unpaired) electrons. The molecule has 0 saturated carbocycles. The number of hydrogen-bond acceptors (Lipinski definition) is 6. The van der Waals surface area contributed by atoms with Gasteiger partial charge in [0.05, 0.1) is 17.5 Å². The fourth-order valence-electron chi connectivity index (χ4n) is 5.36. The molecular formula is C21H29IN4O4Si. The SMILES string of the molecule is C[C@@H]1[C@@H]([Si](C)(C)O)[C@H](CCn2cc(CCO)nn2)O[C@@]12C(=O)N(C)c1ccc(I)cc12. The molecule has 2 aliphatic heterocycles. The molecular weight excluding hydrogens is 527 g/mol. The van der Waals surface area contributed by atoms with Crippen molar-refractivity contribution in [2.75, 3.05) is 18.6 Å². The number of anilines is 1. The van der Waals surface area contributed by atoms with Crippen LogP contribution >= 0.6 is 22.6 Å². The lowest BCUT2D eigenvalue weighted by molar-refractivity contribution is -0.145. The lowest BCUT2D eigenvalue weighted by Crippen LogP contribution is -2.45. The molecule has 1 aromatic carbocycles. The minimum absolute atomic E-state index is 0.0324. The first-order valence-electron chi connectivity index (χ1n) is 10.6. The van der Waals surface area contributed by atoms with E-state index in [-0.39, 0.29) is 30.1 Å². The van der Waals surface area contributed by atoms with Gasteiger partial charge >= 0.3 is 0 Å². The number of aryl methyl sites for hydroxylation is 1. The number of halogens is 1. The van der Waals surface area contributed by atoms with Crippen LogP contribution < -0.4 is 4.90 Å². The van der Waals surface area contributed by atoms with Crippen LogP contribution in [0.5, 0.6) is 0 Å². The van der Waals surface area contributed by atoms with E-state index in [0.717, 1.165) is 20.5 Å². The van der Waals surface area contributed by atoms with Gasteiger partial charge in [-0.2, -0.15) is 0 Å². The van der Waals surface area contributed by atoms with Gasteiger partial charge < -0.3 is 19.5 Å². The van der Waals surface area contributed by atoms with Gasteiger partial charge in [0.25, 0.3) is 5.91 Å². The minimum Gasteiger partial charge on any atom is -0.432 e. The third-order valence-electron chi connectivity index (χ3n) is 6.67. The van der Waals surface area contributed by atoms with Gasteiger partial charge in [-0.05, 0) is 60.3 Å². The Kier molecular flexibility index (Phi) is 6.05. The number of likely N-dealkylation sites (N-methyl/N-ethyl adjacent to an activating group) is 1. The number of amides is 1. The fraction of sp³-hybridized carbons (Fsp3) is 0.571. The van der Waals surface area contributed by atoms with Gasteiger partial charge in [-0.3, -0.25) is 9.48 Å². The Balaban J connectivity index is 1.67. The van der Waals surface area contributed by atoms with Gasteiger partial charge in [0.2, 0.25) is 0 Å². The van der Waals surface area contributed by atoms with E-state index in [2.05, 4.69) is 32.9 Å². The largest absolute Gasteiger partial charge is 0.432 e. The molecule has 0 bridgehead atoms. The molecule has 1 saturated heterocycles. The van der Waals surface area contributed by atoms with Crippen molar-refractivity contribution in [3.63, 3.8) is 0 Å². The van der Waals surface area contributed by atoms with Crippen molar-refractivity contribution in [1.29, 1.82) is 0 Å². The maximum Gasteiger partial charge on any atom is 0.264 e. The van der Waals surface area contributed by atoms with Crippen molar-refractivity contribution in [3.8, 4) is 0 Å². The summed E-state index contributed by atoms with van der Waals surface area (Å²) in [7, 11) is -0.859. The van der Waals surface area contributed by atoms with Crippen LogP contribution in [0.25, 0.3) is 0 Å². The molecule has 1 amide bonds. The Morgan fingerprint density at radius 3 is 2.77 bits per heavy atom. The van der Waals surface area contributed by atoms with Gasteiger partial charge in [0, 0.05) is 53.4 Å². The summed E-state index contributed by atoms with van der Waals surface area (Å²) in [4.78, 5) is 26.4. The van der Waals surface area contributed by atoms with Crippen LogP contribution in [0.15, 0.2) is 24.4 Å². The summed E-state index contributed by atoms with van der Waals surface area (Å²) < 4.78 is 9.47. The number of aliphatic hydroxyl groups is 1. The van der Waals surface area contributed by atoms with Crippen molar-refractivity contribution in [2.24, 2.45) is 5.92 Å². The lowest BCUT2D eigenvalue weighted by atomic mass is 9.82. The highest BCUT2D eigenvalue weighted by Crippen LogP contribution is 2.59. The molecule has 2 aliphatic rings. The minimum atomic E-state index is -2.65. The van der Waals surface area contributed by atoms with Crippen LogP contribution in [0.4, 0.5) is 5.69 Å². The summed E-state index contributed by atoms with van der Waals surface area (Å²) in [6, 6.07) is 6.01. The zero-order chi connectivity index (χ0) is 22.6. The van der Waals surface area contributed by atoms with E-state index < -0.39 is 13.9 Å². The molecule has 10 heteroatoms. The lowest BCUT2D eigenvalue weighted by Gasteiger charge is -2.32. The predicted octanol–water partition coefficient (Wildman–Crippen LogP) is 2.28. The monoisotopic (exact) mass is 556 g/mol. The molecule has 0 aliphatic carbocycles. The molecule has 3 heterocycles. The quantitative estimate of drug-likeness (QED) is 0.419. The number of fused-ring (bicyclic) bond motifs is 2. The van der Waals surface area contributed by atoms with E-state index in [0.29, 0.717) is 19.4 Å². The molecule has 2 aromatic rings. The van der Waals surface area contributed by atoms with E-state index in [1.165, 1.54) is 0 Å². The number of ether oxygens (including phenoxy) is 1. The highest BCUT2D eigenvalue weighted by atomic mass is 127. The first kappa shape index (κ1) is 22.8. The van der Waals surface area contributed by atoms with Crippen molar-refractivity contribution in [1.82, 2.24) is 15.0 Å². The van der Waals surface area contributed by atoms with E-state index in [1.54, 1.807) is 16.6 Å².